The molecule has 3 heteroatoms. The Morgan fingerprint density at radius 3 is 2.81 bits per heavy atom. The van der Waals surface area contributed by atoms with E-state index in [4.69, 9.17) is 5.73 Å². The van der Waals surface area contributed by atoms with Crippen molar-refractivity contribution < 1.29 is 0 Å². The molecule has 1 aromatic carbocycles. The summed E-state index contributed by atoms with van der Waals surface area (Å²) in [5.74, 6) is 0. The molecular formula is C13H16N2S. The summed E-state index contributed by atoms with van der Waals surface area (Å²) in [7, 11) is 0. The van der Waals surface area contributed by atoms with E-state index < -0.39 is 0 Å². The summed E-state index contributed by atoms with van der Waals surface area (Å²) in [5, 5.41) is 3.19. The number of aromatic nitrogens is 1. The summed E-state index contributed by atoms with van der Waals surface area (Å²) in [4.78, 5) is 4.49. The summed E-state index contributed by atoms with van der Waals surface area (Å²) in [6, 6.07) is 6.55. The van der Waals surface area contributed by atoms with Crippen LogP contribution in [0.5, 0.6) is 0 Å². The van der Waals surface area contributed by atoms with Crippen LogP contribution in [-0.2, 0) is 13.0 Å². The Morgan fingerprint density at radius 1 is 1.31 bits per heavy atom. The van der Waals surface area contributed by atoms with Gasteiger partial charge in [-0.05, 0) is 25.0 Å². The molecule has 2 aromatic rings. The minimum atomic E-state index is 0.531. The lowest BCUT2D eigenvalue weighted by molar-refractivity contribution is 0.979. The van der Waals surface area contributed by atoms with Gasteiger partial charge in [0.15, 0.2) is 0 Å². The number of hydrogen-bond donors (Lipinski definition) is 1. The molecule has 2 rings (SSSR count). The number of benzene rings is 1. The van der Waals surface area contributed by atoms with Crippen LogP contribution >= 0.6 is 11.3 Å². The van der Waals surface area contributed by atoms with Gasteiger partial charge in [-0.3, -0.25) is 0 Å². The number of hydrogen-bond acceptors (Lipinski definition) is 3. The van der Waals surface area contributed by atoms with Crippen LogP contribution in [0.3, 0.4) is 0 Å². The largest absolute Gasteiger partial charge is 0.325 e. The van der Waals surface area contributed by atoms with Crippen LogP contribution in [-0.4, -0.2) is 4.98 Å². The lowest BCUT2D eigenvalue weighted by atomic mass is 10.0. The third-order valence-corrected chi connectivity index (χ3v) is 3.55. The van der Waals surface area contributed by atoms with Crippen molar-refractivity contribution in [1.29, 1.82) is 0 Å². The van der Waals surface area contributed by atoms with Gasteiger partial charge in [0.1, 0.15) is 0 Å². The molecular weight excluding hydrogens is 216 g/mol. The Kier molecular flexibility index (Phi) is 3.36. The minimum absolute atomic E-state index is 0.531. The maximum Gasteiger partial charge on any atom is 0.0972 e. The smallest absolute Gasteiger partial charge is 0.0972 e. The van der Waals surface area contributed by atoms with E-state index in [1.54, 1.807) is 11.3 Å². The zero-order chi connectivity index (χ0) is 11.5. The van der Waals surface area contributed by atoms with Gasteiger partial charge in [0.05, 0.1) is 10.7 Å². The van der Waals surface area contributed by atoms with Crippen molar-refractivity contribution >= 4 is 11.3 Å². The van der Waals surface area contributed by atoms with Gasteiger partial charge in [-0.1, -0.05) is 23.8 Å². The predicted molar refractivity (Wildman–Crippen MR) is 68.7 cm³/mol. The molecule has 0 aliphatic rings. The standard InChI is InChI=1S/C13H16N2S/c1-9-3-4-10(2)11(5-9)6-13-15-12(7-14)8-16-13/h3-5,8H,6-7,14H2,1-2H3. The molecule has 0 radical (unpaired) electrons. The predicted octanol–water partition coefficient (Wildman–Crippen LogP) is 2.81. The Bertz CT molecular complexity index is 488. The molecule has 0 aliphatic heterocycles. The van der Waals surface area contributed by atoms with Crippen LogP contribution in [0.1, 0.15) is 27.4 Å². The first-order valence-corrected chi connectivity index (χ1v) is 6.26. The van der Waals surface area contributed by atoms with E-state index in [2.05, 4.69) is 37.0 Å². The van der Waals surface area contributed by atoms with Crippen LogP contribution in [0.15, 0.2) is 23.6 Å². The highest BCUT2D eigenvalue weighted by Gasteiger charge is 2.04. The maximum atomic E-state index is 5.55. The van der Waals surface area contributed by atoms with E-state index in [1.807, 2.05) is 5.38 Å². The highest BCUT2D eigenvalue weighted by atomic mass is 32.1. The molecule has 2 N–H and O–H groups in total. The van der Waals surface area contributed by atoms with E-state index in [0.29, 0.717) is 6.54 Å². The Labute approximate surface area is 100 Å². The summed E-state index contributed by atoms with van der Waals surface area (Å²) in [6.45, 7) is 4.80. The van der Waals surface area contributed by atoms with Crippen molar-refractivity contribution in [3.63, 3.8) is 0 Å². The van der Waals surface area contributed by atoms with Gasteiger partial charge in [0, 0.05) is 18.3 Å². The summed E-state index contributed by atoms with van der Waals surface area (Å²) >= 11 is 1.69. The van der Waals surface area contributed by atoms with Crippen molar-refractivity contribution in [3.8, 4) is 0 Å². The third-order valence-electron chi connectivity index (χ3n) is 2.65. The van der Waals surface area contributed by atoms with Crippen LogP contribution in [0.4, 0.5) is 0 Å². The first kappa shape index (κ1) is 11.3. The van der Waals surface area contributed by atoms with E-state index in [9.17, 15) is 0 Å². The molecule has 0 fully saturated rings. The summed E-state index contributed by atoms with van der Waals surface area (Å²) in [6.07, 6.45) is 0.915. The molecule has 0 spiro atoms. The molecule has 0 unspecified atom stereocenters. The minimum Gasteiger partial charge on any atom is -0.325 e. The van der Waals surface area contributed by atoms with Crippen LogP contribution in [0, 0.1) is 13.8 Å². The fourth-order valence-electron chi connectivity index (χ4n) is 1.68. The number of nitrogens with two attached hydrogens (primary N) is 1. The normalized spacial score (nSPS) is 10.7. The first-order valence-electron chi connectivity index (χ1n) is 5.38. The average molecular weight is 232 g/mol. The molecule has 0 bridgehead atoms. The fraction of sp³-hybridized carbons (Fsp3) is 0.308. The molecule has 1 heterocycles. The van der Waals surface area contributed by atoms with Gasteiger partial charge in [-0.15, -0.1) is 11.3 Å². The molecule has 2 nitrogen and oxygen atoms in total. The number of rotatable bonds is 3. The van der Waals surface area contributed by atoms with Crippen molar-refractivity contribution in [3.05, 3.63) is 51.0 Å². The molecule has 84 valence electrons. The van der Waals surface area contributed by atoms with Gasteiger partial charge in [-0.2, -0.15) is 0 Å². The van der Waals surface area contributed by atoms with Gasteiger partial charge >= 0.3 is 0 Å². The zero-order valence-electron chi connectivity index (χ0n) is 9.66. The van der Waals surface area contributed by atoms with Gasteiger partial charge in [-0.25, -0.2) is 4.98 Å². The van der Waals surface area contributed by atoms with Crippen LogP contribution in [0.2, 0.25) is 0 Å². The number of thiazole rings is 1. The second-order valence-electron chi connectivity index (χ2n) is 4.04. The maximum absolute atomic E-state index is 5.55. The third kappa shape index (κ3) is 2.49. The Hall–Kier alpha value is -1.19. The topological polar surface area (TPSA) is 38.9 Å². The lowest BCUT2D eigenvalue weighted by Crippen LogP contribution is -1.97. The molecule has 0 amide bonds. The van der Waals surface area contributed by atoms with Crippen molar-refractivity contribution in [2.45, 2.75) is 26.8 Å². The van der Waals surface area contributed by atoms with Crippen LogP contribution < -0.4 is 5.73 Å². The average Bonchev–Trinajstić information content (AvgIpc) is 2.71. The fourth-order valence-corrected chi connectivity index (χ4v) is 2.51. The molecule has 16 heavy (non-hydrogen) atoms. The Morgan fingerprint density at radius 2 is 2.12 bits per heavy atom. The summed E-state index contributed by atoms with van der Waals surface area (Å²) < 4.78 is 0. The highest BCUT2D eigenvalue weighted by Crippen LogP contribution is 2.18. The Balaban J connectivity index is 2.22. The molecule has 1 aromatic heterocycles. The van der Waals surface area contributed by atoms with E-state index in [1.165, 1.54) is 16.7 Å². The molecule has 0 saturated carbocycles. The van der Waals surface area contributed by atoms with Gasteiger partial charge < -0.3 is 5.73 Å². The molecule has 0 atom stereocenters. The van der Waals surface area contributed by atoms with E-state index in [0.717, 1.165) is 17.1 Å². The van der Waals surface area contributed by atoms with Gasteiger partial charge in [0.25, 0.3) is 0 Å². The van der Waals surface area contributed by atoms with E-state index in [-0.39, 0.29) is 0 Å². The number of nitrogens with zero attached hydrogens (tertiary/aromatic N) is 1. The van der Waals surface area contributed by atoms with Crippen molar-refractivity contribution in [2.24, 2.45) is 5.73 Å². The van der Waals surface area contributed by atoms with Crippen molar-refractivity contribution in [1.82, 2.24) is 4.98 Å². The molecule has 0 aliphatic carbocycles. The second-order valence-corrected chi connectivity index (χ2v) is 4.99. The second kappa shape index (κ2) is 4.76. The monoisotopic (exact) mass is 232 g/mol. The lowest BCUT2D eigenvalue weighted by Gasteiger charge is -2.04. The summed E-state index contributed by atoms with van der Waals surface area (Å²) in [5.41, 5.74) is 10.5. The zero-order valence-corrected chi connectivity index (χ0v) is 10.5. The van der Waals surface area contributed by atoms with Crippen LogP contribution in [0.25, 0.3) is 0 Å². The highest BCUT2D eigenvalue weighted by molar-refractivity contribution is 7.09. The van der Waals surface area contributed by atoms with E-state index >= 15 is 0 Å². The first-order chi connectivity index (χ1) is 7.69. The quantitative estimate of drug-likeness (QED) is 0.883. The van der Waals surface area contributed by atoms with Gasteiger partial charge in [0.2, 0.25) is 0 Å². The SMILES string of the molecule is Cc1ccc(C)c(Cc2nc(CN)cs2)c1. The molecule has 0 saturated heterocycles. The van der Waals surface area contributed by atoms with Crippen molar-refractivity contribution in [2.75, 3.05) is 0 Å². The number of aryl methyl sites for hydroxylation is 2.